The predicted molar refractivity (Wildman–Crippen MR) is 144 cm³/mol. The average molecular weight is 576 g/mol. The highest BCUT2D eigenvalue weighted by Gasteiger charge is 2.45. The molecule has 5 rings (SSSR count). The van der Waals surface area contributed by atoms with Gasteiger partial charge in [0.2, 0.25) is 5.91 Å². The van der Waals surface area contributed by atoms with Gasteiger partial charge in [-0.05, 0) is 79.7 Å². The fourth-order valence-corrected chi connectivity index (χ4v) is 6.10. The first-order valence-electron chi connectivity index (χ1n) is 13.7. The molecule has 1 aliphatic heterocycles. The number of fused-ring (bicyclic) bond motifs is 2. The highest BCUT2D eigenvalue weighted by Crippen LogP contribution is 2.44. The van der Waals surface area contributed by atoms with Gasteiger partial charge in [0.1, 0.15) is 0 Å². The lowest BCUT2D eigenvalue weighted by atomic mass is 9.74. The van der Waals surface area contributed by atoms with Crippen molar-refractivity contribution in [3.63, 3.8) is 0 Å². The summed E-state index contributed by atoms with van der Waals surface area (Å²) in [6.45, 7) is 1.87. The number of pyridine rings is 1. The van der Waals surface area contributed by atoms with Crippen LogP contribution in [0.4, 0.5) is 26.3 Å². The van der Waals surface area contributed by atoms with Gasteiger partial charge in [0, 0.05) is 29.9 Å². The molecule has 1 aromatic carbocycles. The molecule has 1 amide bonds. The van der Waals surface area contributed by atoms with E-state index in [2.05, 4.69) is 45.6 Å². The van der Waals surface area contributed by atoms with Crippen molar-refractivity contribution in [2.45, 2.75) is 49.4 Å². The van der Waals surface area contributed by atoms with Gasteiger partial charge in [-0.1, -0.05) is 48.6 Å². The molecule has 4 nitrogen and oxygen atoms in total. The van der Waals surface area contributed by atoms with Crippen molar-refractivity contribution in [2.24, 2.45) is 5.92 Å². The molecule has 1 aromatic heterocycles. The molecule has 2 atom stereocenters. The van der Waals surface area contributed by atoms with Crippen molar-refractivity contribution in [1.29, 1.82) is 0 Å². The molecule has 10 heteroatoms. The van der Waals surface area contributed by atoms with Crippen molar-refractivity contribution in [1.82, 2.24) is 15.2 Å². The molecule has 1 N–H and O–H groups in total. The quantitative estimate of drug-likeness (QED) is 0.373. The van der Waals surface area contributed by atoms with Gasteiger partial charge in [-0.2, -0.15) is 26.3 Å². The lowest BCUT2D eigenvalue weighted by Crippen LogP contribution is -2.42. The minimum atomic E-state index is -4.88. The highest BCUT2D eigenvalue weighted by atomic mass is 19.4. The monoisotopic (exact) mass is 575 g/mol. The third-order valence-electron chi connectivity index (χ3n) is 8.43. The molecular formula is C31H31F6N3O. The van der Waals surface area contributed by atoms with Crippen LogP contribution in [0.2, 0.25) is 0 Å². The van der Waals surface area contributed by atoms with E-state index >= 15 is 0 Å². The Balaban J connectivity index is 1.23. The van der Waals surface area contributed by atoms with Crippen molar-refractivity contribution in [3.8, 4) is 0 Å². The Morgan fingerprint density at radius 2 is 1.83 bits per heavy atom. The third kappa shape index (κ3) is 6.58. The van der Waals surface area contributed by atoms with Crippen LogP contribution in [0.15, 0.2) is 78.2 Å². The third-order valence-corrected chi connectivity index (χ3v) is 8.43. The maximum Gasteiger partial charge on any atom is 0.412 e. The molecule has 0 saturated carbocycles. The zero-order valence-corrected chi connectivity index (χ0v) is 22.3. The Morgan fingerprint density at radius 3 is 2.51 bits per heavy atom. The summed E-state index contributed by atoms with van der Waals surface area (Å²) in [5, 5.41) is 2.59. The minimum Gasteiger partial charge on any atom is -0.352 e. The second kappa shape index (κ2) is 11.5. The number of nitrogens with one attached hydrogen (secondary N) is 1. The molecule has 1 saturated heterocycles. The van der Waals surface area contributed by atoms with E-state index in [1.165, 1.54) is 11.1 Å². The molecular weight excluding hydrogens is 544 g/mol. The summed E-state index contributed by atoms with van der Waals surface area (Å²) in [6, 6.07) is 11.8. The number of carbonyl (C=O) groups excluding carboxylic acids is 1. The standard InChI is InChI=1S/C31H31F6N3O/c32-30(33,34)24-16-21(17-25(18-24)31(35,36)37)19-39-28(41)26(23-5-3-12-38-20-23)8-13-40-14-10-29(11-15-40)9-7-22-4-1-2-6-27(22)29/h1-7,9,12,16-17,20,24,26H,8,10-11,13-15,18-19H2,(H,39,41). The van der Waals surface area contributed by atoms with Gasteiger partial charge in [-0.3, -0.25) is 9.78 Å². The van der Waals surface area contributed by atoms with Crippen molar-refractivity contribution in [3.05, 3.63) is 94.9 Å². The average Bonchev–Trinajstić information content (AvgIpc) is 3.30. The van der Waals surface area contributed by atoms with Crippen LogP contribution in [0.5, 0.6) is 0 Å². The van der Waals surface area contributed by atoms with E-state index < -0.39 is 48.6 Å². The highest BCUT2D eigenvalue weighted by molar-refractivity contribution is 5.83. The number of halogens is 6. The number of hydrogen-bond acceptors (Lipinski definition) is 3. The minimum absolute atomic E-state index is 0.0258. The van der Waals surface area contributed by atoms with E-state index in [4.69, 9.17) is 0 Å². The van der Waals surface area contributed by atoms with Gasteiger partial charge < -0.3 is 10.2 Å². The molecule has 2 aromatic rings. The zero-order valence-electron chi connectivity index (χ0n) is 22.3. The van der Waals surface area contributed by atoms with E-state index in [0.717, 1.165) is 32.0 Å². The predicted octanol–water partition coefficient (Wildman–Crippen LogP) is 6.73. The number of amides is 1. The summed E-state index contributed by atoms with van der Waals surface area (Å²) in [5.41, 5.74) is 1.80. The van der Waals surface area contributed by atoms with Crippen molar-refractivity contribution >= 4 is 12.0 Å². The number of alkyl halides is 6. The van der Waals surface area contributed by atoms with Gasteiger partial charge in [-0.25, -0.2) is 0 Å². The van der Waals surface area contributed by atoms with Gasteiger partial charge in [-0.15, -0.1) is 0 Å². The Kier molecular flexibility index (Phi) is 8.14. The summed E-state index contributed by atoms with van der Waals surface area (Å²) in [6.07, 6.45) is 0.568. The Bertz CT molecular complexity index is 1340. The van der Waals surface area contributed by atoms with Crippen LogP contribution in [-0.4, -0.2) is 54.3 Å². The van der Waals surface area contributed by atoms with Gasteiger partial charge >= 0.3 is 12.4 Å². The summed E-state index contributed by atoms with van der Waals surface area (Å²) in [7, 11) is 0. The van der Waals surface area contributed by atoms with Crippen LogP contribution in [-0.2, 0) is 10.2 Å². The zero-order chi connectivity index (χ0) is 29.3. The van der Waals surface area contributed by atoms with Gasteiger partial charge in [0.05, 0.1) is 11.8 Å². The van der Waals surface area contributed by atoms with Crippen LogP contribution >= 0.6 is 0 Å². The number of allylic oxidation sites excluding steroid dienone is 3. The number of hydrogen-bond donors (Lipinski definition) is 1. The fourth-order valence-electron chi connectivity index (χ4n) is 6.10. The molecule has 2 aliphatic carbocycles. The summed E-state index contributed by atoms with van der Waals surface area (Å²) < 4.78 is 79.9. The summed E-state index contributed by atoms with van der Waals surface area (Å²) in [4.78, 5) is 19.7. The Hall–Kier alpha value is -3.40. The normalized spacial score (nSPS) is 21.3. The maximum atomic E-state index is 13.3. The topological polar surface area (TPSA) is 45.2 Å². The first-order chi connectivity index (χ1) is 19.4. The second-order valence-corrected chi connectivity index (χ2v) is 11.0. The number of aromatic nitrogens is 1. The largest absolute Gasteiger partial charge is 0.412 e. The fraction of sp³-hybridized carbons (Fsp3) is 0.419. The van der Waals surface area contributed by atoms with E-state index in [1.54, 1.807) is 24.5 Å². The second-order valence-electron chi connectivity index (χ2n) is 11.0. The number of benzene rings is 1. The van der Waals surface area contributed by atoms with E-state index in [1.807, 2.05) is 6.07 Å². The first-order valence-corrected chi connectivity index (χ1v) is 13.7. The molecule has 3 aliphatic rings. The Labute approximate surface area is 234 Å². The van der Waals surface area contributed by atoms with Crippen LogP contribution in [0.3, 0.4) is 0 Å². The van der Waals surface area contributed by atoms with Crippen LogP contribution in [0.25, 0.3) is 6.08 Å². The SMILES string of the molecule is O=C(NCC1=CC(C(F)(F)F)CC(C(F)(F)F)=C1)C(CCN1CCC2(C=Cc3ccccc32)CC1)c1cccnc1. The van der Waals surface area contributed by atoms with Gasteiger partial charge in [0.15, 0.2) is 0 Å². The maximum absolute atomic E-state index is 13.3. The molecule has 41 heavy (non-hydrogen) atoms. The number of piperidine rings is 1. The molecule has 0 radical (unpaired) electrons. The first kappa shape index (κ1) is 29.1. The van der Waals surface area contributed by atoms with Crippen molar-refractivity contribution < 1.29 is 31.1 Å². The van der Waals surface area contributed by atoms with E-state index in [0.29, 0.717) is 24.6 Å². The molecule has 2 heterocycles. The lowest BCUT2D eigenvalue weighted by Gasteiger charge is -2.39. The lowest BCUT2D eigenvalue weighted by molar-refractivity contribution is -0.166. The number of carbonyl (C=O) groups is 1. The van der Waals surface area contributed by atoms with Crippen LogP contribution in [0.1, 0.15) is 48.3 Å². The molecule has 1 fully saturated rings. The molecule has 0 bridgehead atoms. The molecule has 2 unspecified atom stereocenters. The number of rotatable bonds is 7. The smallest absolute Gasteiger partial charge is 0.352 e. The Morgan fingerprint density at radius 1 is 1.07 bits per heavy atom. The van der Waals surface area contributed by atoms with Crippen molar-refractivity contribution in [2.75, 3.05) is 26.2 Å². The number of likely N-dealkylation sites (tertiary alicyclic amines) is 1. The molecule has 218 valence electrons. The molecule has 1 spiro atoms. The van der Waals surface area contributed by atoms with E-state index in [9.17, 15) is 31.1 Å². The summed E-state index contributed by atoms with van der Waals surface area (Å²) >= 11 is 0. The van der Waals surface area contributed by atoms with Crippen LogP contribution in [0, 0.1) is 5.92 Å². The van der Waals surface area contributed by atoms with E-state index in [-0.39, 0.29) is 11.0 Å². The summed E-state index contributed by atoms with van der Waals surface area (Å²) in [5.74, 6) is -3.37. The van der Waals surface area contributed by atoms with Gasteiger partial charge in [0.25, 0.3) is 0 Å². The number of nitrogens with zero attached hydrogens (tertiary/aromatic N) is 2. The van der Waals surface area contributed by atoms with Crippen LogP contribution < -0.4 is 5.32 Å².